The van der Waals surface area contributed by atoms with Gasteiger partial charge in [0.15, 0.2) is 5.69 Å². The van der Waals surface area contributed by atoms with Crippen LogP contribution in [0.4, 0.5) is 0 Å². The zero-order chi connectivity index (χ0) is 16.6. The fourth-order valence-corrected chi connectivity index (χ4v) is 3.04. The van der Waals surface area contributed by atoms with Crippen LogP contribution in [-0.2, 0) is 12.8 Å². The van der Waals surface area contributed by atoms with E-state index >= 15 is 0 Å². The van der Waals surface area contributed by atoms with Crippen LogP contribution in [-0.4, -0.2) is 27.8 Å². The van der Waals surface area contributed by atoms with Crippen LogP contribution in [0.2, 0.25) is 0 Å². The topological polar surface area (TPSA) is 72.9 Å². The minimum atomic E-state index is -0.436. The molecule has 1 aromatic carbocycles. The van der Waals surface area contributed by atoms with Gasteiger partial charge >= 0.3 is 0 Å². The van der Waals surface area contributed by atoms with Crippen molar-refractivity contribution in [3.05, 3.63) is 46.8 Å². The molecule has 0 fully saturated rings. The third kappa shape index (κ3) is 2.88. The zero-order valence-electron chi connectivity index (χ0n) is 14.0. The van der Waals surface area contributed by atoms with Gasteiger partial charge in [-0.05, 0) is 51.7 Å². The summed E-state index contributed by atoms with van der Waals surface area (Å²) in [6.07, 6.45) is 2.94. The number of nitrogens with two attached hydrogens (primary N) is 1. The molecule has 1 aliphatic carbocycles. The molecule has 3 rings (SSSR count). The van der Waals surface area contributed by atoms with Gasteiger partial charge in [-0.2, -0.15) is 5.10 Å². The van der Waals surface area contributed by atoms with E-state index in [1.807, 2.05) is 36.7 Å². The van der Waals surface area contributed by atoms with E-state index in [0.717, 1.165) is 41.8 Å². The van der Waals surface area contributed by atoms with Crippen LogP contribution in [0.5, 0.6) is 0 Å². The maximum absolute atomic E-state index is 12.7. The van der Waals surface area contributed by atoms with Gasteiger partial charge in [0.05, 0.1) is 5.69 Å². The predicted octanol–water partition coefficient (Wildman–Crippen LogP) is 2.14. The highest BCUT2D eigenvalue weighted by Crippen LogP contribution is 2.29. The molecule has 122 valence electrons. The highest BCUT2D eigenvalue weighted by molar-refractivity contribution is 5.94. The average Bonchev–Trinajstić information content (AvgIpc) is 3.09. The second-order valence-electron chi connectivity index (χ2n) is 6.87. The number of hydrogen-bond donors (Lipinski definition) is 2. The summed E-state index contributed by atoms with van der Waals surface area (Å²) >= 11 is 0. The lowest BCUT2D eigenvalue weighted by Gasteiger charge is -2.23. The first kappa shape index (κ1) is 15.7. The van der Waals surface area contributed by atoms with Crippen LogP contribution in [0.25, 0.3) is 5.69 Å². The second kappa shape index (κ2) is 5.81. The molecule has 3 N–H and O–H groups in total. The van der Waals surface area contributed by atoms with Crippen LogP contribution in [0, 0.1) is 6.92 Å². The number of fused-ring (bicyclic) bond motifs is 1. The Labute approximate surface area is 136 Å². The number of nitrogens with one attached hydrogen (secondary N) is 1. The molecule has 0 unspecified atom stereocenters. The van der Waals surface area contributed by atoms with Gasteiger partial charge in [-0.25, -0.2) is 4.68 Å². The lowest BCUT2D eigenvalue weighted by molar-refractivity contribution is 0.0909. The lowest BCUT2D eigenvalue weighted by atomic mass is 10.1. The van der Waals surface area contributed by atoms with Crippen LogP contribution in [0.3, 0.4) is 0 Å². The first-order valence-corrected chi connectivity index (χ1v) is 8.12. The molecular formula is C18H24N4O. The Kier molecular flexibility index (Phi) is 3.98. The van der Waals surface area contributed by atoms with Gasteiger partial charge in [0.2, 0.25) is 0 Å². The van der Waals surface area contributed by atoms with E-state index in [-0.39, 0.29) is 5.91 Å². The van der Waals surface area contributed by atoms with Crippen LogP contribution in [0.1, 0.15) is 47.6 Å². The summed E-state index contributed by atoms with van der Waals surface area (Å²) in [7, 11) is 0. The van der Waals surface area contributed by atoms with Gasteiger partial charge in [0, 0.05) is 23.3 Å². The molecule has 0 bridgehead atoms. The summed E-state index contributed by atoms with van der Waals surface area (Å²) in [6, 6.07) is 8.13. The molecule has 0 saturated carbocycles. The zero-order valence-corrected chi connectivity index (χ0v) is 14.0. The van der Waals surface area contributed by atoms with E-state index in [2.05, 4.69) is 23.4 Å². The number of aromatic nitrogens is 2. The first-order valence-electron chi connectivity index (χ1n) is 8.12. The molecule has 0 aliphatic heterocycles. The monoisotopic (exact) mass is 312 g/mol. The molecule has 5 heteroatoms. The number of carbonyl (C=O) groups is 1. The van der Waals surface area contributed by atoms with Crippen molar-refractivity contribution < 1.29 is 4.79 Å². The molecule has 1 aliphatic rings. The van der Waals surface area contributed by atoms with Crippen molar-refractivity contribution in [3.63, 3.8) is 0 Å². The molecule has 2 aromatic rings. The predicted molar refractivity (Wildman–Crippen MR) is 90.9 cm³/mol. The second-order valence-corrected chi connectivity index (χ2v) is 6.87. The summed E-state index contributed by atoms with van der Waals surface area (Å²) in [4.78, 5) is 12.7. The number of rotatable bonds is 4. The minimum absolute atomic E-state index is 0.133. The third-order valence-electron chi connectivity index (χ3n) is 4.45. The molecule has 5 nitrogen and oxygen atoms in total. The standard InChI is InChI=1S/C18H24N4O/c1-12-7-4-5-9-14(12)22-15-10-6-8-13(15)16(21-22)17(23)20-18(2,3)11-19/h4-5,7,9H,6,8,10-11,19H2,1-3H3,(H,20,23). The Hall–Kier alpha value is -2.14. The molecule has 23 heavy (non-hydrogen) atoms. The number of nitrogens with zero attached hydrogens (tertiary/aromatic N) is 2. The van der Waals surface area contributed by atoms with Crippen molar-refractivity contribution in [2.24, 2.45) is 5.73 Å². The number of benzene rings is 1. The highest BCUT2D eigenvalue weighted by atomic mass is 16.2. The van der Waals surface area contributed by atoms with Crippen molar-refractivity contribution in [1.82, 2.24) is 15.1 Å². The van der Waals surface area contributed by atoms with E-state index in [0.29, 0.717) is 12.2 Å². The van der Waals surface area contributed by atoms with E-state index in [4.69, 9.17) is 5.73 Å². The number of aryl methyl sites for hydroxylation is 1. The van der Waals surface area contributed by atoms with E-state index < -0.39 is 5.54 Å². The minimum Gasteiger partial charge on any atom is -0.344 e. The summed E-state index contributed by atoms with van der Waals surface area (Å²) in [6.45, 7) is 6.29. The molecular weight excluding hydrogens is 288 g/mol. The summed E-state index contributed by atoms with van der Waals surface area (Å²) in [5.41, 5.74) is 10.3. The Morgan fingerprint density at radius 2 is 2.09 bits per heavy atom. The number of para-hydroxylation sites is 1. The van der Waals surface area contributed by atoms with Gasteiger partial charge in [-0.3, -0.25) is 4.79 Å². The number of carbonyl (C=O) groups excluding carboxylic acids is 1. The van der Waals surface area contributed by atoms with Crippen molar-refractivity contribution in [2.75, 3.05) is 6.54 Å². The van der Waals surface area contributed by atoms with E-state index in [1.54, 1.807) is 0 Å². The van der Waals surface area contributed by atoms with Crippen molar-refractivity contribution in [2.45, 2.75) is 45.6 Å². The van der Waals surface area contributed by atoms with Gasteiger partial charge < -0.3 is 11.1 Å². The van der Waals surface area contributed by atoms with E-state index in [9.17, 15) is 4.79 Å². The van der Waals surface area contributed by atoms with Gasteiger partial charge in [0.25, 0.3) is 5.91 Å². The van der Waals surface area contributed by atoms with Crippen LogP contribution >= 0.6 is 0 Å². The quantitative estimate of drug-likeness (QED) is 0.908. The molecule has 0 spiro atoms. The summed E-state index contributed by atoms with van der Waals surface area (Å²) in [5.74, 6) is -0.133. The number of hydrogen-bond acceptors (Lipinski definition) is 3. The summed E-state index contributed by atoms with van der Waals surface area (Å²) in [5, 5.41) is 7.64. The third-order valence-corrected chi connectivity index (χ3v) is 4.45. The Bertz CT molecular complexity index is 745. The van der Waals surface area contributed by atoms with Crippen LogP contribution in [0.15, 0.2) is 24.3 Å². The molecule has 0 saturated heterocycles. The molecule has 0 radical (unpaired) electrons. The highest BCUT2D eigenvalue weighted by Gasteiger charge is 2.29. The smallest absolute Gasteiger partial charge is 0.272 e. The normalized spacial score (nSPS) is 13.9. The van der Waals surface area contributed by atoms with Gasteiger partial charge in [0.1, 0.15) is 0 Å². The fourth-order valence-electron chi connectivity index (χ4n) is 3.04. The van der Waals surface area contributed by atoms with E-state index in [1.165, 1.54) is 0 Å². The fraction of sp³-hybridized carbons (Fsp3) is 0.444. The molecule has 0 atom stereocenters. The van der Waals surface area contributed by atoms with Gasteiger partial charge in [-0.1, -0.05) is 18.2 Å². The maximum atomic E-state index is 12.7. The van der Waals surface area contributed by atoms with Crippen molar-refractivity contribution in [3.8, 4) is 5.69 Å². The maximum Gasteiger partial charge on any atom is 0.272 e. The average molecular weight is 312 g/mol. The molecule has 1 amide bonds. The first-order chi connectivity index (χ1) is 10.9. The Morgan fingerprint density at radius 1 is 1.35 bits per heavy atom. The largest absolute Gasteiger partial charge is 0.344 e. The van der Waals surface area contributed by atoms with Crippen molar-refractivity contribution in [1.29, 1.82) is 0 Å². The number of amides is 1. The van der Waals surface area contributed by atoms with Crippen LogP contribution < -0.4 is 11.1 Å². The molecule has 1 heterocycles. The van der Waals surface area contributed by atoms with Gasteiger partial charge in [-0.15, -0.1) is 0 Å². The molecule has 1 aromatic heterocycles. The van der Waals surface area contributed by atoms with Crippen molar-refractivity contribution >= 4 is 5.91 Å². The Morgan fingerprint density at radius 3 is 2.78 bits per heavy atom. The summed E-state index contributed by atoms with van der Waals surface area (Å²) < 4.78 is 1.95. The SMILES string of the molecule is Cc1ccccc1-n1nc(C(=O)NC(C)(C)CN)c2c1CCC2. The lowest BCUT2D eigenvalue weighted by Crippen LogP contribution is -2.49. The Balaban J connectivity index is 2.03.